The van der Waals surface area contributed by atoms with E-state index in [-0.39, 0.29) is 16.5 Å². The molecule has 0 aromatic heterocycles. The first-order valence-corrected chi connectivity index (χ1v) is 12.0. The molecule has 168 valence electrons. The Bertz CT molecular complexity index is 1100. The standard InChI is InChI=1S/C25H27FN2O3S/c1-2-20(17-21-9-5-3-6-10-21)18-27-25(29)19-28(23-15-13-22(26)14-16-23)32(30,31)24-11-7-4-8-12-24/h3-16,20H,2,17-19H2,1H3,(H,27,29). The van der Waals surface area contributed by atoms with E-state index in [1.54, 1.807) is 18.2 Å². The largest absolute Gasteiger partial charge is 0.354 e. The number of anilines is 1. The molecule has 0 saturated carbocycles. The molecule has 0 spiro atoms. The number of rotatable bonds is 10. The van der Waals surface area contributed by atoms with Crippen LogP contribution >= 0.6 is 0 Å². The Morgan fingerprint density at radius 1 is 0.938 bits per heavy atom. The van der Waals surface area contributed by atoms with Crippen molar-refractivity contribution in [2.45, 2.75) is 24.7 Å². The summed E-state index contributed by atoms with van der Waals surface area (Å²) in [4.78, 5) is 12.8. The first-order valence-electron chi connectivity index (χ1n) is 10.5. The lowest BCUT2D eigenvalue weighted by Crippen LogP contribution is -2.42. The van der Waals surface area contributed by atoms with Gasteiger partial charge in [-0.15, -0.1) is 0 Å². The predicted octanol–water partition coefficient (Wildman–Crippen LogP) is 4.41. The van der Waals surface area contributed by atoms with Crippen molar-refractivity contribution in [3.05, 3.63) is 96.3 Å². The van der Waals surface area contributed by atoms with Gasteiger partial charge in [-0.25, -0.2) is 12.8 Å². The van der Waals surface area contributed by atoms with E-state index in [9.17, 15) is 17.6 Å². The van der Waals surface area contributed by atoms with Crippen molar-refractivity contribution in [3.8, 4) is 0 Å². The van der Waals surface area contributed by atoms with Crippen molar-refractivity contribution < 1.29 is 17.6 Å². The lowest BCUT2D eigenvalue weighted by molar-refractivity contribution is -0.119. The lowest BCUT2D eigenvalue weighted by atomic mass is 9.97. The third kappa shape index (κ3) is 6.17. The van der Waals surface area contributed by atoms with E-state index < -0.39 is 28.3 Å². The molecule has 7 heteroatoms. The molecule has 0 radical (unpaired) electrons. The molecule has 0 aliphatic carbocycles. The number of hydrogen-bond acceptors (Lipinski definition) is 3. The quantitative estimate of drug-likeness (QED) is 0.494. The molecule has 0 aliphatic heterocycles. The van der Waals surface area contributed by atoms with Crippen molar-refractivity contribution in [3.63, 3.8) is 0 Å². The number of nitrogens with one attached hydrogen (secondary N) is 1. The van der Waals surface area contributed by atoms with Gasteiger partial charge in [0, 0.05) is 6.54 Å². The average molecular weight is 455 g/mol. The Kier molecular flexibility index (Phi) is 8.00. The van der Waals surface area contributed by atoms with Crippen molar-refractivity contribution >= 4 is 21.6 Å². The van der Waals surface area contributed by atoms with Crippen LogP contribution in [0.4, 0.5) is 10.1 Å². The highest BCUT2D eigenvalue weighted by atomic mass is 32.2. The van der Waals surface area contributed by atoms with Gasteiger partial charge in [-0.2, -0.15) is 0 Å². The summed E-state index contributed by atoms with van der Waals surface area (Å²) in [6, 6.07) is 23.0. The highest BCUT2D eigenvalue weighted by Crippen LogP contribution is 2.23. The van der Waals surface area contributed by atoms with E-state index >= 15 is 0 Å². The van der Waals surface area contributed by atoms with Crippen LogP contribution in [0.1, 0.15) is 18.9 Å². The zero-order chi connectivity index (χ0) is 23.0. The minimum absolute atomic E-state index is 0.0626. The molecular formula is C25H27FN2O3S. The summed E-state index contributed by atoms with van der Waals surface area (Å²) in [5.41, 5.74) is 1.41. The van der Waals surface area contributed by atoms with Gasteiger partial charge in [0.05, 0.1) is 10.6 Å². The number of carbonyl (C=O) groups is 1. The van der Waals surface area contributed by atoms with Crippen molar-refractivity contribution in [1.82, 2.24) is 5.32 Å². The molecule has 1 atom stereocenters. The molecule has 32 heavy (non-hydrogen) atoms. The second-order valence-corrected chi connectivity index (χ2v) is 9.43. The summed E-state index contributed by atoms with van der Waals surface area (Å²) >= 11 is 0. The number of carbonyl (C=O) groups excluding carboxylic acids is 1. The zero-order valence-electron chi connectivity index (χ0n) is 17.9. The summed E-state index contributed by atoms with van der Waals surface area (Å²) in [5, 5.41) is 2.87. The molecule has 1 unspecified atom stereocenters. The molecule has 0 aliphatic rings. The van der Waals surface area contributed by atoms with Gasteiger partial charge in [-0.1, -0.05) is 61.9 Å². The van der Waals surface area contributed by atoms with Crippen LogP contribution in [0.3, 0.4) is 0 Å². The monoisotopic (exact) mass is 454 g/mol. The molecule has 0 saturated heterocycles. The van der Waals surface area contributed by atoms with Gasteiger partial charge in [0.15, 0.2) is 0 Å². The summed E-state index contributed by atoms with van der Waals surface area (Å²) in [6.45, 7) is 2.10. The molecule has 0 bridgehead atoms. The average Bonchev–Trinajstić information content (AvgIpc) is 2.82. The van der Waals surface area contributed by atoms with Gasteiger partial charge in [-0.05, 0) is 54.3 Å². The Morgan fingerprint density at radius 2 is 1.53 bits per heavy atom. The molecule has 1 N–H and O–H groups in total. The summed E-state index contributed by atoms with van der Waals surface area (Å²) < 4.78 is 40.9. The molecule has 1 amide bonds. The van der Waals surface area contributed by atoms with Crippen LogP contribution in [0.25, 0.3) is 0 Å². The van der Waals surface area contributed by atoms with E-state index in [0.717, 1.165) is 17.1 Å². The first-order chi connectivity index (χ1) is 15.4. The zero-order valence-corrected chi connectivity index (χ0v) is 18.8. The van der Waals surface area contributed by atoms with Gasteiger partial charge in [0.25, 0.3) is 10.0 Å². The van der Waals surface area contributed by atoms with Crippen molar-refractivity contribution in [1.29, 1.82) is 0 Å². The van der Waals surface area contributed by atoms with Gasteiger partial charge >= 0.3 is 0 Å². The van der Waals surface area contributed by atoms with Gasteiger partial charge in [-0.3, -0.25) is 9.10 Å². The number of hydrogen-bond donors (Lipinski definition) is 1. The second kappa shape index (κ2) is 10.9. The lowest BCUT2D eigenvalue weighted by Gasteiger charge is -2.24. The Morgan fingerprint density at radius 3 is 2.12 bits per heavy atom. The van der Waals surface area contributed by atoms with Crippen LogP contribution in [0, 0.1) is 11.7 Å². The number of sulfonamides is 1. The third-order valence-corrected chi connectivity index (χ3v) is 7.05. The molecule has 0 heterocycles. The molecule has 3 rings (SSSR count). The molecule has 5 nitrogen and oxygen atoms in total. The van der Waals surface area contributed by atoms with Gasteiger partial charge in [0.1, 0.15) is 12.4 Å². The van der Waals surface area contributed by atoms with Gasteiger partial charge < -0.3 is 5.32 Å². The van der Waals surface area contributed by atoms with Crippen molar-refractivity contribution in [2.24, 2.45) is 5.92 Å². The van der Waals surface area contributed by atoms with Crippen LogP contribution in [0.15, 0.2) is 89.8 Å². The number of amides is 1. The Hall–Kier alpha value is -3.19. The molecule has 3 aromatic carbocycles. The van der Waals surface area contributed by atoms with E-state index in [0.29, 0.717) is 6.54 Å². The van der Waals surface area contributed by atoms with Crippen LogP contribution < -0.4 is 9.62 Å². The van der Waals surface area contributed by atoms with E-state index in [4.69, 9.17) is 0 Å². The minimum Gasteiger partial charge on any atom is -0.354 e. The molecule has 3 aromatic rings. The SMILES string of the molecule is CCC(CNC(=O)CN(c1ccc(F)cc1)S(=O)(=O)c1ccccc1)Cc1ccccc1. The fourth-order valence-corrected chi connectivity index (χ4v) is 4.84. The molecular weight excluding hydrogens is 427 g/mol. The first kappa shape index (κ1) is 23.5. The summed E-state index contributed by atoms with van der Waals surface area (Å²) in [7, 11) is -4.00. The van der Waals surface area contributed by atoms with E-state index in [1.165, 1.54) is 42.0 Å². The van der Waals surface area contributed by atoms with Gasteiger partial charge in [0.2, 0.25) is 5.91 Å². The highest BCUT2D eigenvalue weighted by molar-refractivity contribution is 7.92. The maximum atomic E-state index is 13.4. The summed E-state index contributed by atoms with van der Waals surface area (Å²) in [6.07, 6.45) is 1.70. The number of halogens is 1. The topological polar surface area (TPSA) is 66.5 Å². The van der Waals surface area contributed by atoms with E-state index in [2.05, 4.69) is 12.2 Å². The summed E-state index contributed by atoms with van der Waals surface area (Å²) in [5.74, 6) is -0.673. The predicted molar refractivity (Wildman–Crippen MR) is 124 cm³/mol. The second-order valence-electron chi connectivity index (χ2n) is 7.57. The van der Waals surface area contributed by atoms with Crippen LogP contribution in [-0.2, 0) is 21.2 Å². The number of benzene rings is 3. The third-order valence-electron chi connectivity index (χ3n) is 5.27. The Labute approximate surface area is 188 Å². The van der Waals surface area contributed by atoms with Crippen LogP contribution in [-0.4, -0.2) is 27.4 Å². The highest BCUT2D eigenvalue weighted by Gasteiger charge is 2.27. The maximum absolute atomic E-state index is 13.4. The van der Waals surface area contributed by atoms with Crippen molar-refractivity contribution in [2.75, 3.05) is 17.4 Å². The fraction of sp³-hybridized carbons (Fsp3) is 0.240. The van der Waals surface area contributed by atoms with Crippen LogP contribution in [0.2, 0.25) is 0 Å². The minimum atomic E-state index is -4.00. The fourth-order valence-electron chi connectivity index (χ4n) is 3.39. The Balaban J connectivity index is 1.74. The van der Waals surface area contributed by atoms with Crippen LogP contribution in [0.5, 0.6) is 0 Å². The normalized spacial score (nSPS) is 12.2. The smallest absolute Gasteiger partial charge is 0.264 e. The van der Waals surface area contributed by atoms with E-state index in [1.807, 2.05) is 30.3 Å². The maximum Gasteiger partial charge on any atom is 0.264 e. The number of nitrogens with zero attached hydrogens (tertiary/aromatic N) is 1. The molecule has 0 fully saturated rings.